The van der Waals surface area contributed by atoms with E-state index in [2.05, 4.69) is 0 Å². The minimum Gasteiger partial charge on any atom is -0.426 e. The van der Waals surface area contributed by atoms with Crippen molar-refractivity contribution < 1.29 is 22.5 Å². The first-order valence-corrected chi connectivity index (χ1v) is 5.60. The van der Waals surface area contributed by atoms with E-state index in [0.717, 1.165) is 0 Å². The second-order valence-electron chi connectivity index (χ2n) is 3.41. The lowest BCUT2D eigenvalue weighted by Crippen LogP contribution is -2.55. The van der Waals surface area contributed by atoms with E-state index in [1.165, 1.54) is 19.0 Å². The zero-order valence-electron chi connectivity index (χ0n) is 8.06. The zero-order chi connectivity index (χ0) is 11.0. The van der Waals surface area contributed by atoms with Gasteiger partial charge in [0, 0.05) is 12.8 Å². The fourth-order valence-corrected chi connectivity index (χ4v) is 2.53. The molecule has 1 unspecified atom stereocenters. The summed E-state index contributed by atoms with van der Waals surface area (Å²) in [6.45, 7) is 0. The Hall–Kier alpha value is -0.660. The van der Waals surface area contributed by atoms with Crippen molar-refractivity contribution in [3.05, 3.63) is 0 Å². The molecule has 1 N–H and O–H groups in total. The molecule has 0 spiro atoms. The molecule has 7 heteroatoms. The first-order valence-electron chi connectivity index (χ1n) is 4.16. The summed E-state index contributed by atoms with van der Waals surface area (Å²) < 4.78 is 36.0. The molecule has 0 radical (unpaired) electrons. The molecule has 1 fully saturated rings. The fraction of sp³-hybridized carbons (Fsp3) is 0.857. The summed E-state index contributed by atoms with van der Waals surface area (Å²) in [5, 5.41) is -1.90. The van der Waals surface area contributed by atoms with Crippen LogP contribution in [0.4, 0.5) is 0 Å². The monoisotopic (exact) mass is 223 g/mol. The Morgan fingerprint density at radius 2 is 2.07 bits per heavy atom. The van der Waals surface area contributed by atoms with Gasteiger partial charge in [0.1, 0.15) is 0 Å². The normalized spacial score (nSPS) is 29.0. The Labute approximate surface area is 82.6 Å². The van der Waals surface area contributed by atoms with Crippen LogP contribution in [0.25, 0.3) is 0 Å². The van der Waals surface area contributed by atoms with Gasteiger partial charge < -0.3 is 4.74 Å². The van der Waals surface area contributed by atoms with E-state index in [-0.39, 0.29) is 12.8 Å². The van der Waals surface area contributed by atoms with Gasteiger partial charge in [-0.2, -0.15) is 8.42 Å². The van der Waals surface area contributed by atoms with Crippen molar-refractivity contribution in [3.8, 4) is 0 Å². The maximum absolute atomic E-state index is 11.1. The fourth-order valence-electron chi connectivity index (χ4n) is 1.46. The van der Waals surface area contributed by atoms with Crippen LogP contribution in [0.2, 0.25) is 0 Å². The van der Waals surface area contributed by atoms with Crippen molar-refractivity contribution in [2.45, 2.75) is 24.3 Å². The lowest BCUT2D eigenvalue weighted by molar-refractivity contribution is -0.172. The van der Waals surface area contributed by atoms with Crippen LogP contribution in [0.15, 0.2) is 0 Å². The van der Waals surface area contributed by atoms with Gasteiger partial charge in [0.15, 0.2) is 0 Å². The standard InChI is InChI=1S/C7H13NO5S/c1-8(2)7(14(10,11)12)5-3-4-6(9)13-7/h3-5H2,1-2H3,(H,10,11,12). The molecule has 1 rings (SSSR count). The van der Waals surface area contributed by atoms with E-state index in [1.54, 1.807) is 0 Å². The summed E-state index contributed by atoms with van der Waals surface area (Å²) in [7, 11) is -1.56. The molecular weight excluding hydrogens is 210 g/mol. The van der Waals surface area contributed by atoms with Gasteiger partial charge in [-0.1, -0.05) is 0 Å². The number of esters is 1. The second-order valence-corrected chi connectivity index (χ2v) is 5.00. The number of cyclic esters (lactones) is 1. The number of rotatable bonds is 2. The van der Waals surface area contributed by atoms with Crippen LogP contribution >= 0.6 is 0 Å². The number of carbonyl (C=O) groups excluding carboxylic acids is 1. The number of hydrogen-bond donors (Lipinski definition) is 1. The molecule has 1 atom stereocenters. The molecular formula is C7H13NO5S. The minimum atomic E-state index is -4.44. The van der Waals surface area contributed by atoms with E-state index in [0.29, 0.717) is 6.42 Å². The molecule has 0 bridgehead atoms. The topological polar surface area (TPSA) is 83.9 Å². The molecule has 1 saturated heterocycles. The van der Waals surface area contributed by atoms with Gasteiger partial charge in [0.05, 0.1) is 0 Å². The van der Waals surface area contributed by atoms with Crippen molar-refractivity contribution in [1.82, 2.24) is 4.90 Å². The largest absolute Gasteiger partial charge is 0.426 e. The Morgan fingerprint density at radius 1 is 1.50 bits per heavy atom. The number of carbonyl (C=O) groups is 1. The number of nitrogens with zero attached hydrogens (tertiary/aromatic N) is 1. The average molecular weight is 223 g/mol. The predicted octanol–water partition coefficient (Wildman–Crippen LogP) is -0.183. The Bertz CT molecular complexity index is 336. The highest BCUT2D eigenvalue weighted by Crippen LogP contribution is 2.32. The molecule has 1 heterocycles. The van der Waals surface area contributed by atoms with Crippen LogP contribution < -0.4 is 0 Å². The van der Waals surface area contributed by atoms with Crippen LogP contribution in [-0.4, -0.2) is 43.0 Å². The average Bonchev–Trinajstić information content (AvgIpc) is 2.01. The van der Waals surface area contributed by atoms with Gasteiger partial charge in [0.25, 0.3) is 5.06 Å². The maximum atomic E-state index is 11.1. The van der Waals surface area contributed by atoms with Crippen LogP contribution in [0.1, 0.15) is 19.3 Å². The van der Waals surface area contributed by atoms with E-state index < -0.39 is 21.1 Å². The summed E-state index contributed by atoms with van der Waals surface area (Å²) >= 11 is 0. The van der Waals surface area contributed by atoms with E-state index in [1.807, 2.05) is 0 Å². The molecule has 6 nitrogen and oxygen atoms in total. The van der Waals surface area contributed by atoms with E-state index in [9.17, 15) is 13.2 Å². The Balaban J connectivity index is 3.11. The van der Waals surface area contributed by atoms with Gasteiger partial charge in [0.2, 0.25) is 0 Å². The first-order chi connectivity index (χ1) is 6.29. The molecule has 14 heavy (non-hydrogen) atoms. The smallest absolute Gasteiger partial charge is 0.321 e. The van der Waals surface area contributed by atoms with Gasteiger partial charge in [-0.3, -0.25) is 14.2 Å². The number of ether oxygens (including phenoxy) is 1. The molecule has 0 saturated carbocycles. The van der Waals surface area contributed by atoms with Crippen molar-refractivity contribution in [1.29, 1.82) is 0 Å². The lowest BCUT2D eigenvalue weighted by atomic mass is 10.1. The molecule has 0 amide bonds. The SMILES string of the molecule is CN(C)C1(S(=O)(=O)O)CCCC(=O)O1. The van der Waals surface area contributed by atoms with Crippen molar-refractivity contribution in [3.63, 3.8) is 0 Å². The third-order valence-corrected chi connectivity index (χ3v) is 3.69. The van der Waals surface area contributed by atoms with Crippen molar-refractivity contribution in [2.24, 2.45) is 0 Å². The highest BCUT2D eigenvalue weighted by Gasteiger charge is 2.51. The maximum Gasteiger partial charge on any atom is 0.321 e. The first kappa shape index (κ1) is 11.4. The predicted molar refractivity (Wildman–Crippen MR) is 47.9 cm³/mol. The minimum absolute atomic E-state index is 0.0879. The van der Waals surface area contributed by atoms with Gasteiger partial charge in [-0.05, 0) is 20.5 Å². The molecule has 0 aromatic heterocycles. The summed E-state index contributed by atoms with van der Waals surface area (Å²) in [4.78, 5) is 12.2. The summed E-state index contributed by atoms with van der Waals surface area (Å²) in [6.07, 6.45) is 0.659. The van der Waals surface area contributed by atoms with E-state index >= 15 is 0 Å². The molecule has 0 aliphatic carbocycles. The van der Waals surface area contributed by atoms with Crippen molar-refractivity contribution in [2.75, 3.05) is 14.1 Å². The summed E-state index contributed by atoms with van der Waals surface area (Å²) in [5.74, 6) is -0.609. The third-order valence-electron chi connectivity index (χ3n) is 2.23. The quantitative estimate of drug-likeness (QED) is 0.516. The van der Waals surface area contributed by atoms with Crippen molar-refractivity contribution >= 4 is 16.1 Å². The number of hydrogen-bond acceptors (Lipinski definition) is 5. The summed E-state index contributed by atoms with van der Waals surface area (Å²) in [6, 6.07) is 0. The molecule has 1 aliphatic rings. The molecule has 1 aliphatic heterocycles. The second kappa shape index (κ2) is 3.48. The lowest BCUT2D eigenvalue weighted by Gasteiger charge is -2.38. The van der Waals surface area contributed by atoms with Crippen LogP contribution in [0.3, 0.4) is 0 Å². The third kappa shape index (κ3) is 1.75. The molecule has 0 aromatic carbocycles. The highest BCUT2D eigenvalue weighted by atomic mass is 32.2. The van der Waals surface area contributed by atoms with Crippen LogP contribution in [-0.2, 0) is 19.6 Å². The zero-order valence-corrected chi connectivity index (χ0v) is 8.87. The molecule has 0 aromatic rings. The van der Waals surface area contributed by atoms with E-state index in [4.69, 9.17) is 9.29 Å². The highest BCUT2D eigenvalue weighted by molar-refractivity contribution is 7.87. The molecule has 82 valence electrons. The Morgan fingerprint density at radius 3 is 2.36 bits per heavy atom. The van der Waals surface area contributed by atoms with Gasteiger partial charge in [-0.15, -0.1) is 0 Å². The Kier molecular flexibility index (Phi) is 2.84. The summed E-state index contributed by atoms with van der Waals surface area (Å²) in [5.41, 5.74) is 0. The van der Waals surface area contributed by atoms with Crippen LogP contribution in [0, 0.1) is 0 Å². The van der Waals surface area contributed by atoms with Gasteiger partial charge in [-0.25, -0.2) is 0 Å². The van der Waals surface area contributed by atoms with Crippen LogP contribution in [0.5, 0.6) is 0 Å². The van der Waals surface area contributed by atoms with Gasteiger partial charge >= 0.3 is 16.1 Å².